The number of hydrogen-bond acceptors (Lipinski definition) is 4. The summed E-state index contributed by atoms with van der Waals surface area (Å²) in [5, 5.41) is 11.9. The first kappa shape index (κ1) is 17.9. The number of urea groups is 1. The van der Waals surface area contributed by atoms with Crippen molar-refractivity contribution >= 4 is 17.7 Å². The van der Waals surface area contributed by atoms with Gasteiger partial charge in [0.15, 0.2) is 0 Å². The van der Waals surface area contributed by atoms with Crippen LogP contribution in [0.3, 0.4) is 0 Å². The zero-order valence-corrected chi connectivity index (χ0v) is 14.2. The molecule has 0 unspecified atom stereocenters. The Morgan fingerprint density at radius 3 is 2.50 bits per heavy atom. The van der Waals surface area contributed by atoms with Crippen molar-refractivity contribution in [3.05, 3.63) is 18.2 Å². The SMILES string of the molecule is COc1ccc(OC(C)C)c(NC(=O)N2CCC(C(=O)O)CC2)c1. The van der Waals surface area contributed by atoms with E-state index in [-0.39, 0.29) is 18.1 Å². The molecule has 24 heavy (non-hydrogen) atoms. The molecule has 0 bridgehead atoms. The number of methoxy groups -OCH3 is 1. The molecule has 0 saturated carbocycles. The number of amides is 2. The maximum atomic E-state index is 12.5. The second-order valence-corrected chi connectivity index (χ2v) is 6.06. The lowest BCUT2D eigenvalue weighted by atomic mass is 9.97. The van der Waals surface area contributed by atoms with E-state index in [1.165, 1.54) is 0 Å². The summed E-state index contributed by atoms with van der Waals surface area (Å²) in [6, 6.07) is 4.97. The highest BCUT2D eigenvalue weighted by Crippen LogP contribution is 2.30. The minimum absolute atomic E-state index is 0.0274. The molecule has 7 nitrogen and oxygen atoms in total. The zero-order valence-electron chi connectivity index (χ0n) is 14.2. The highest BCUT2D eigenvalue weighted by Gasteiger charge is 2.27. The number of aliphatic carboxylic acids is 1. The summed E-state index contributed by atoms with van der Waals surface area (Å²) in [6.07, 6.45) is 0.909. The van der Waals surface area contributed by atoms with Crippen LogP contribution in [-0.4, -0.2) is 48.3 Å². The van der Waals surface area contributed by atoms with Gasteiger partial charge in [0.2, 0.25) is 0 Å². The average molecular weight is 336 g/mol. The fraction of sp³-hybridized carbons (Fsp3) is 0.529. The van der Waals surface area contributed by atoms with Gasteiger partial charge < -0.3 is 24.8 Å². The Kier molecular flexibility index (Phi) is 5.89. The van der Waals surface area contributed by atoms with E-state index >= 15 is 0 Å². The van der Waals surface area contributed by atoms with Gasteiger partial charge >= 0.3 is 12.0 Å². The number of hydrogen-bond donors (Lipinski definition) is 2. The minimum atomic E-state index is -0.796. The maximum absolute atomic E-state index is 12.5. The molecule has 1 aromatic rings. The molecular formula is C17H24N2O5. The number of anilines is 1. The normalized spacial score (nSPS) is 15.2. The summed E-state index contributed by atoms with van der Waals surface area (Å²) in [5.74, 6) is 0.0201. The lowest BCUT2D eigenvalue weighted by molar-refractivity contribution is -0.143. The van der Waals surface area contributed by atoms with Crippen molar-refractivity contribution in [1.82, 2.24) is 4.90 Å². The number of nitrogens with zero attached hydrogens (tertiary/aromatic N) is 1. The van der Waals surface area contributed by atoms with Crippen LogP contribution in [0.1, 0.15) is 26.7 Å². The molecule has 0 radical (unpaired) electrons. The molecule has 1 aliphatic rings. The predicted molar refractivity (Wildman–Crippen MR) is 89.7 cm³/mol. The van der Waals surface area contributed by atoms with Gasteiger partial charge in [-0.2, -0.15) is 0 Å². The van der Waals surface area contributed by atoms with Crippen molar-refractivity contribution in [2.75, 3.05) is 25.5 Å². The summed E-state index contributed by atoms with van der Waals surface area (Å²) in [5.41, 5.74) is 0.536. The average Bonchev–Trinajstić information content (AvgIpc) is 2.56. The number of carboxylic acid groups (broad SMARTS) is 1. The molecule has 2 N–H and O–H groups in total. The van der Waals surface area contributed by atoms with Gasteiger partial charge in [-0.3, -0.25) is 4.79 Å². The van der Waals surface area contributed by atoms with E-state index in [9.17, 15) is 9.59 Å². The fourth-order valence-electron chi connectivity index (χ4n) is 2.61. The number of benzene rings is 1. The molecule has 2 rings (SSSR count). The van der Waals surface area contributed by atoms with Gasteiger partial charge in [-0.05, 0) is 38.8 Å². The van der Waals surface area contributed by atoms with E-state index in [1.54, 1.807) is 30.2 Å². The molecular weight excluding hydrogens is 312 g/mol. The van der Waals surface area contributed by atoms with Crippen molar-refractivity contribution in [2.45, 2.75) is 32.8 Å². The Morgan fingerprint density at radius 1 is 1.29 bits per heavy atom. The molecule has 0 aromatic heterocycles. The highest BCUT2D eigenvalue weighted by molar-refractivity contribution is 5.91. The summed E-state index contributed by atoms with van der Waals surface area (Å²) in [6.45, 7) is 4.67. The first-order chi connectivity index (χ1) is 11.4. The number of carbonyl (C=O) groups is 2. The molecule has 1 fully saturated rings. The Labute approximate surface area is 141 Å². The zero-order chi connectivity index (χ0) is 17.7. The topological polar surface area (TPSA) is 88.1 Å². The highest BCUT2D eigenvalue weighted by atomic mass is 16.5. The largest absolute Gasteiger partial charge is 0.497 e. The van der Waals surface area contributed by atoms with Gasteiger partial charge in [0.25, 0.3) is 0 Å². The number of likely N-dealkylation sites (tertiary alicyclic amines) is 1. The van der Waals surface area contributed by atoms with Crippen LogP contribution in [0, 0.1) is 5.92 Å². The number of ether oxygens (including phenoxy) is 2. The lowest BCUT2D eigenvalue weighted by Gasteiger charge is -2.30. The Hall–Kier alpha value is -2.44. The molecule has 1 saturated heterocycles. The molecule has 1 aliphatic heterocycles. The van der Waals surface area contributed by atoms with Crippen molar-refractivity contribution < 1.29 is 24.2 Å². The molecule has 2 amide bonds. The van der Waals surface area contributed by atoms with Crippen molar-refractivity contribution in [2.24, 2.45) is 5.92 Å². The summed E-state index contributed by atoms with van der Waals surface area (Å²) >= 11 is 0. The van der Waals surface area contributed by atoms with E-state index in [0.29, 0.717) is 43.1 Å². The molecule has 132 valence electrons. The van der Waals surface area contributed by atoms with Crippen LogP contribution in [0.2, 0.25) is 0 Å². The van der Waals surface area contributed by atoms with Gasteiger partial charge in [0.1, 0.15) is 11.5 Å². The third-order valence-corrected chi connectivity index (χ3v) is 3.92. The van der Waals surface area contributed by atoms with E-state index < -0.39 is 5.97 Å². The van der Waals surface area contributed by atoms with Crippen molar-refractivity contribution in [3.8, 4) is 11.5 Å². The molecule has 0 spiro atoms. The van der Waals surface area contributed by atoms with Gasteiger partial charge in [0.05, 0.1) is 24.8 Å². The van der Waals surface area contributed by atoms with Crippen molar-refractivity contribution in [1.29, 1.82) is 0 Å². The van der Waals surface area contributed by atoms with Crippen LogP contribution < -0.4 is 14.8 Å². The molecule has 1 heterocycles. The standard InChI is InChI=1S/C17H24N2O5/c1-11(2)24-15-5-4-13(23-3)10-14(15)18-17(22)19-8-6-12(7-9-19)16(20)21/h4-5,10-12H,6-9H2,1-3H3,(H,18,22)(H,20,21). The van der Waals surface area contributed by atoms with Crippen LogP contribution in [0.4, 0.5) is 10.5 Å². The fourth-order valence-corrected chi connectivity index (χ4v) is 2.61. The van der Waals surface area contributed by atoms with Crippen molar-refractivity contribution in [3.63, 3.8) is 0 Å². The van der Waals surface area contributed by atoms with E-state index in [1.807, 2.05) is 13.8 Å². The second-order valence-electron chi connectivity index (χ2n) is 6.06. The van der Waals surface area contributed by atoms with Crippen LogP contribution in [0.5, 0.6) is 11.5 Å². The Morgan fingerprint density at radius 2 is 1.96 bits per heavy atom. The predicted octanol–water partition coefficient (Wildman–Crippen LogP) is 2.81. The minimum Gasteiger partial charge on any atom is -0.497 e. The third kappa shape index (κ3) is 4.53. The van der Waals surface area contributed by atoms with Gasteiger partial charge in [-0.15, -0.1) is 0 Å². The Balaban J connectivity index is 2.06. The number of carboxylic acids is 1. The molecule has 7 heteroatoms. The number of piperidine rings is 1. The second kappa shape index (κ2) is 7.90. The summed E-state index contributed by atoms with van der Waals surface area (Å²) < 4.78 is 10.9. The lowest BCUT2D eigenvalue weighted by Crippen LogP contribution is -2.42. The van der Waals surface area contributed by atoms with Gasteiger partial charge in [-0.25, -0.2) is 4.79 Å². The van der Waals surface area contributed by atoms with Gasteiger partial charge in [-0.1, -0.05) is 0 Å². The van der Waals surface area contributed by atoms with E-state index in [0.717, 1.165) is 0 Å². The third-order valence-electron chi connectivity index (χ3n) is 3.92. The quantitative estimate of drug-likeness (QED) is 0.863. The first-order valence-electron chi connectivity index (χ1n) is 8.04. The van der Waals surface area contributed by atoms with E-state index in [4.69, 9.17) is 14.6 Å². The smallest absolute Gasteiger partial charge is 0.321 e. The summed E-state index contributed by atoms with van der Waals surface area (Å²) in [7, 11) is 1.56. The molecule has 0 atom stereocenters. The van der Waals surface area contributed by atoms with Crippen LogP contribution in [0.15, 0.2) is 18.2 Å². The number of carbonyl (C=O) groups excluding carboxylic acids is 1. The van der Waals surface area contributed by atoms with Crippen LogP contribution in [-0.2, 0) is 4.79 Å². The van der Waals surface area contributed by atoms with Gasteiger partial charge in [0, 0.05) is 19.2 Å². The van der Waals surface area contributed by atoms with Crippen LogP contribution in [0.25, 0.3) is 0 Å². The number of nitrogens with one attached hydrogen (secondary N) is 1. The molecule has 1 aromatic carbocycles. The molecule has 0 aliphatic carbocycles. The Bertz CT molecular complexity index is 595. The number of rotatable bonds is 5. The maximum Gasteiger partial charge on any atom is 0.321 e. The summed E-state index contributed by atoms with van der Waals surface area (Å²) in [4.78, 5) is 25.1. The monoisotopic (exact) mass is 336 g/mol. The first-order valence-corrected chi connectivity index (χ1v) is 8.04. The van der Waals surface area contributed by atoms with Crippen LogP contribution >= 0.6 is 0 Å². The van der Waals surface area contributed by atoms with E-state index in [2.05, 4.69) is 5.32 Å².